The molecule has 1 aromatic rings. The van der Waals surface area contributed by atoms with E-state index in [0.717, 1.165) is 18.2 Å². The molecule has 3 atom stereocenters. The van der Waals surface area contributed by atoms with Crippen LogP contribution >= 0.6 is 0 Å². The minimum absolute atomic E-state index is 0.291. The lowest BCUT2D eigenvalue weighted by atomic mass is 9.45. The van der Waals surface area contributed by atoms with E-state index in [2.05, 4.69) is 35.9 Å². The van der Waals surface area contributed by atoms with Gasteiger partial charge in [-0.25, -0.2) is 0 Å². The molecular formula is C19H28N2O. The lowest BCUT2D eigenvalue weighted by Crippen LogP contribution is -2.78. The second-order valence-electron chi connectivity index (χ2n) is 7.42. The smallest absolute Gasteiger partial charge is 0.119 e. The van der Waals surface area contributed by atoms with Crippen LogP contribution in [0.15, 0.2) is 18.2 Å². The SMILES string of the molecule is CNCCC12CCCCC13NCC3Cc1ccc(OC)cc12. The summed E-state index contributed by atoms with van der Waals surface area (Å²) >= 11 is 0. The highest BCUT2D eigenvalue weighted by Crippen LogP contribution is 2.59. The van der Waals surface area contributed by atoms with Crippen molar-refractivity contribution in [1.82, 2.24) is 10.6 Å². The van der Waals surface area contributed by atoms with Gasteiger partial charge >= 0.3 is 0 Å². The first kappa shape index (κ1) is 14.5. The van der Waals surface area contributed by atoms with Crippen molar-refractivity contribution < 1.29 is 4.74 Å². The molecule has 120 valence electrons. The Morgan fingerprint density at radius 1 is 1.32 bits per heavy atom. The van der Waals surface area contributed by atoms with Crippen LogP contribution in [0.1, 0.15) is 43.2 Å². The average molecular weight is 300 g/mol. The molecule has 1 spiro atoms. The summed E-state index contributed by atoms with van der Waals surface area (Å²) in [5.41, 5.74) is 3.78. The van der Waals surface area contributed by atoms with Crippen molar-refractivity contribution in [3.8, 4) is 5.75 Å². The standard InChI is InChI=1S/C19H28N2O/c1-20-10-9-18-7-3-4-8-19(18)15(13-21-19)11-14-5-6-16(22-2)12-17(14)18/h5-6,12,15,20-21H,3-4,7-11,13H2,1-2H3. The van der Waals surface area contributed by atoms with Crippen LogP contribution in [0.5, 0.6) is 5.75 Å². The van der Waals surface area contributed by atoms with Crippen LogP contribution in [0.2, 0.25) is 0 Å². The van der Waals surface area contributed by atoms with Crippen LogP contribution in [0.25, 0.3) is 0 Å². The third-order valence-electron chi connectivity index (χ3n) is 6.74. The van der Waals surface area contributed by atoms with Crippen LogP contribution in [0.4, 0.5) is 0 Å². The maximum atomic E-state index is 5.55. The van der Waals surface area contributed by atoms with Crippen molar-refractivity contribution in [3.63, 3.8) is 0 Å². The molecule has 1 heterocycles. The molecule has 0 aromatic heterocycles. The zero-order valence-electron chi connectivity index (χ0n) is 13.9. The van der Waals surface area contributed by atoms with Gasteiger partial charge in [-0.15, -0.1) is 0 Å². The molecule has 1 aromatic carbocycles. The maximum absolute atomic E-state index is 5.55. The van der Waals surface area contributed by atoms with Crippen LogP contribution in [0.3, 0.4) is 0 Å². The fourth-order valence-corrected chi connectivity index (χ4v) is 5.65. The Kier molecular flexibility index (Phi) is 3.46. The molecule has 3 nitrogen and oxygen atoms in total. The van der Waals surface area contributed by atoms with Gasteiger partial charge < -0.3 is 15.4 Å². The molecule has 0 radical (unpaired) electrons. The summed E-state index contributed by atoms with van der Waals surface area (Å²) in [5, 5.41) is 7.32. The summed E-state index contributed by atoms with van der Waals surface area (Å²) in [6, 6.07) is 6.81. The average Bonchev–Trinajstić information content (AvgIpc) is 2.56. The van der Waals surface area contributed by atoms with Crippen molar-refractivity contribution in [2.45, 2.75) is 49.5 Å². The van der Waals surface area contributed by atoms with Crippen LogP contribution in [0, 0.1) is 5.92 Å². The Morgan fingerprint density at radius 2 is 2.18 bits per heavy atom. The van der Waals surface area contributed by atoms with Gasteiger partial charge in [0.15, 0.2) is 0 Å². The fourth-order valence-electron chi connectivity index (χ4n) is 5.65. The third kappa shape index (κ3) is 1.75. The van der Waals surface area contributed by atoms with Crippen molar-refractivity contribution in [2.24, 2.45) is 5.92 Å². The van der Waals surface area contributed by atoms with Crippen LogP contribution in [-0.2, 0) is 11.8 Å². The molecule has 3 aliphatic rings. The quantitative estimate of drug-likeness (QED) is 0.897. The van der Waals surface area contributed by atoms with E-state index in [-0.39, 0.29) is 0 Å². The van der Waals surface area contributed by atoms with Crippen molar-refractivity contribution in [3.05, 3.63) is 29.3 Å². The zero-order valence-corrected chi connectivity index (χ0v) is 13.9. The number of methoxy groups -OCH3 is 1. The zero-order chi connectivity index (χ0) is 15.2. The number of benzene rings is 1. The summed E-state index contributed by atoms with van der Waals surface area (Å²) in [4.78, 5) is 0. The van der Waals surface area contributed by atoms with Gasteiger partial charge in [0.2, 0.25) is 0 Å². The minimum atomic E-state index is 0.291. The van der Waals surface area contributed by atoms with Crippen LogP contribution in [-0.4, -0.2) is 32.8 Å². The number of rotatable bonds is 4. The topological polar surface area (TPSA) is 33.3 Å². The minimum Gasteiger partial charge on any atom is -0.497 e. The van der Waals surface area contributed by atoms with E-state index >= 15 is 0 Å². The van der Waals surface area contributed by atoms with Gasteiger partial charge in [-0.3, -0.25) is 0 Å². The molecule has 3 heteroatoms. The van der Waals surface area contributed by atoms with Gasteiger partial charge in [0, 0.05) is 17.5 Å². The van der Waals surface area contributed by atoms with E-state index in [9.17, 15) is 0 Å². The molecule has 0 bridgehead atoms. The normalized spacial score (nSPS) is 35.8. The van der Waals surface area contributed by atoms with E-state index in [1.807, 2.05) is 0 Å². The summed E-state index contributed by atoms with van der Waals surface area (Å²) in [5.74, 6) is 1.84. The van der Waals surface area contributed by atoms with Gasteiger partial charge in [0.25, 0.3) is 0 Å². The number of hydrogen-bond donors (Lipinski definition) is 2. The van der Waals surface area contributed by atoms with Crippen molar-refractivity contribution >= 4 is 0 Å². The van der Waals surface area contributed by atoms with Gasteiger partial charge in [0.1, 0.15) is 5.75 Å². The molecule has 1 aliphatic heterocycles. The monoisotopic (exact) mass is 300 g/mol. The van der Waals surface area contributed by atoms with Gasteiger partial charge in [0.05, 0.1) is 7.11 Å². The predicted octanol–water partition coefficient (Wildman–Crippen LogP) is 2.63. The van der Waals surface area contributed by atoms with Crippen molar-refractivity contribution in [2.75, 3.05) is 27.2 Å². The number of fused-ring (bicyclic) bond motifs is 2. The fraction of sp³-hybridized carbons (Fsp3) is 0.684. The van der Waals surface area contributed by atoms with E-state index in [4.69, 9.17) is 4.74 Å². The Bertz CT molecular complexity index is 573. The molecular weight excluding hydrogens is 272 g/mol. The highest BCUT2D eigenvalue weighted by Gasteiger charge is 2.63. The second kappa shape index (κ2) is 5.24. The van der Waals surface area contributed by atoms with Crippen LogP contribution < -0.4 is 15.4 Å². The molecule has 0 amide bonds. The van der Waals surface area contributed by atoms with E-state index in [1.54, 1.807) is 18.2 Å². The molecule has 4 rings (SSSR count). The summed E-state index contributed by atoms with van der Waals surface area (Å²) in [6.07, 6.45) is 7.87. The molecule has 3 unspecified atom stereocenters. The number of ether oxygens (including phenoxy) is 1. The van der Waals surface area contributed by atoms with Gasteiger partial charge in [-0.1, -0.05) is 18.9 Å². The van der Waals surface area contributed by atoms with E-state index in [0.29, 0.717) is 11.0 Å². The van der Waals surface area contributed by atoms with Crippen molar-refractivity contribution in [1.29, 1.82) is 0 Å². The second-order valence-corrected chi connectivity index (χ2v) is 7.42. The lowest BCUT2D eigenvalue weighted by molar-refractivity contribution is -0.0396. The molecule has 2 fully saturated rings. The van der Waals surface area contributed by atoms with E-state index < -0.39 is 0 Å². The molecule has 1 saturated carbocycles. The Morgan fingerprint density at radius 3 is 2.91 bits per heavy atom. The largest absolute Gasteiger partial charge is 0.497 e. The first-order chi connectivity index (χ1) is 10.8. The Labute approximate surface area is 133 Å². The Balaban J connectivity index is 1.87. The maximum Gasteiger partial charge on any atom is 0.119 e. The van der Waals surface area contributed by atoms with Gasteiger partial charge in [-0.05, 0) is 68.5 Å². The van der Waals surface area contributed by atoms with E-state index in [1.165, 1.54) is 45.1 Å². The third-order valence-corrected chi connectivity index (χ3v) is 6.74. The Hall–Kier alpha value is -1.06. The first-order valence-corrected chi connectivity index (χ1v) is 8.83. The van der Waals surface area contributed by atoms with Gasteiger partial charge in [-0.2, -0.15) is 0 Å². The first-order valence-electron chi connectivity index (χ1n) is 8.83. The molecule has 2 aliphatic carbocycles. The molecule has 22 heavy (non-hydrogen) atoms. The number of hydrogen-bond acceptors (Lipinski definition) is 3. The molecule has 1 saturated heterocycles. The lowest BCUT2D eigenvalue weighted by Gasteiger charge is -2.67. The summed E-state index contributed by atoms with van der Waals surface area (Å²) in [7, 11) is 3.86. The highest BCUT2D eigenvalue weighted by molar-refractivity contribution is 5.49. The summed E-state index contributed by atoms with van der Waals surface area (Å²) < 4.78 is 5.55. The highest BCUT2D eigenvalue weighted by atomic mass is 16.5. The molecule has 2 N–H and O–H groups in total. The number of nitrogens with one attached hydrogen (secondary N) is 2. The summed E-state index contributed by atoms with van der Waals surface area (Å²) in [6.45, 7) is 2.29. The predicted molar refractivity (Wildman–Crippen MR) is 89.6 cm³/mol.